The van der Waals surface area contributed by atoms with Gasteiger partial charge in [0.2, 0.25) is 0 Å². The molecule has 0 amide bonds. The Bertz CT molecular complexity index is 638. The fourth-order valence-corrected chi connectivity index (χ4v) is 1.98. The number of halogens is 1. The number of hydrogen-bond donors (Lipinski definition) is 2. The molecule has 0 aliphatic heterocycles. The molecule has 2 aromatic rings. The predicted octanol–water partition coefficient (Wildman–Crippen LogP) is 4.40. The number of hydrogen-bond acceptors (Lipinski definition) is 2. The minimum atomic E-state index is -0.928. The smallest absolute Gasteiger partial charge is 0.335 e. The molecule has 0 unspecified atom stereocenters. The largest absolute Gasteiger partial charge is 0.478 e. The minimum Gasteiger partial charge on any atom is -0.478 e. The molecule has 2 aromatic carbocycles. The first-order valence-corrected chi connectivity index (χ1v) is 6.22. The second-order valence-corrected chi connectivity index (χ2v) is 4.85. The van der Waals surface area contributed by atoms with Crippen molar-refractivity contribution >= 4 is 28.9 Å². The molecule has 0 saturated heterocycles. The Morgan fingerprint density at radius 3 is 2.47 bits per heavy atom. The van der Waals surface area contributed by atoms with Gasteiger partial charge < -0.3 is 10.4 Å². The highest BCUT2D eigenvalue weighted by atomic mass is 35.5. The van der Waals surface area contributed by atoms with Gasteiger partial charge in [-0.05, 0) is 55.3 Å². The first-order valence-electron chi connectivity index (χ1n) is 5.84. The highest BCUT2D eigenvalue weighted by Crippen LogP contribution is 2.28. The van der Waals surface area contributed by atoms with Crippen LogP contribution >= 0.6 is 11.6 Å². The van der Waals surface area contributed by atoms with E-state index in [1.807, 2.05) is 32.0 Å². The van der Waals surface area contributed by atoms with Crippen LogP contribution in [0.4, 0.5) is 11.4 Å². The topological polar surface area (TPSA) is 49.3 Å². The van der Waals surface area contributed by atoms with Crippen molar-refractivity contribution < 1.29 is 9.90 Å². The van der Waals surface area contributed by atoms with Gasteiger partial charge in [0.15, 0.2) is 0 Å². The Morgan fingerprint density at radius 1 is 1.11 bits per heavy atom. The lowest BCUT2D eigenvalue weighted by Crippen LogP contribution is -1.99. The van der Waals surface area contributed by atoms with E-state index in [1.165, 1.54) is 0 Å². The Hall–Kier alpha value is -2.00. The molecule has 2 N–H and O–H groups in total. The molecule has 0 radical (unpaired) electrons. The third-order valence-electron chi connectivity index (χ3n) is 2.86. The number of carbonyl (C=O) groups is 1. The molecular weight excluding hydrogens is 262 g/mol. The summed E-state index contributed by atoms with van der Waals surface area (Å²) in [6.07, 6.45) is 0. The maximum absolute atomic E-state index is 10.9. The number of carboxylic acid groups (broad SMARTS) is 1. The number of aryl methyl sites for hydroxylation is 2. The molecule has 0 aliphatic rings. The second-order valence-electron chi connectivity index (χ2n) is 4.44. The van der Waals surface area contributed by atoms with Crippen LogP contribution in [-0.2, 0) is 0 Å². The second kappa shape index (κ2) is 5.33. The van der Waals surface area contributed by atoms with Crippen molar-refractivity contribution in [1.82, 2.24) is 0 Å². The van der Waals surface area contributed by atoms with Crippen molar-refractivity contribution in [3.05, 3.63) is 58.1 Å². The molecule has 0 atom stereocenters. The summed E-state index contributed by atoms with van der Waals surface area (Å²) in [7, 11) is 0. The highest BCUT2D eigenvalue weighted by molar-refractivity contribution is 6.33. The zero-order chi connectivity index (χ0) is 14.0. The van der Waals surface area contributed by atoms with Gasteiger partial charge in [-0.15, -0.1) is 0 Å². The lowest BCUT2D eigenvalue weighted by molar-refractivity contribution is 0.0697. The molecule has 0 saturated carbocycles. The van der Waals surface area contributed by atoms with Crippen molar-refractivity contribution in [1.29, 1.82) is 0 Å². The van der Waals surface area contributed by atoms with Crippen LogP contribution in [-0.4, -0.2) is 11.1 Å². The van der Waals surface area contributed by atoms with Crippen LogP contribution in [0.25, 0.3) is 0 Å². The average molecular weight is 276 g/mol. The third kappa shape index (κ3) is 3.06. The summed E-state index contributed by atoms with van der Waals surface area (Å²) in [6, 6.07) is 10.7. The van der Waals surface area contributed by atoms with Crippen LogP contribution in [0.3, 0.4) is 0 Å². The van der Waals surface area contributed by atoms with Crippen LogP contribution in [0, 0.1) is 13.8 Å². The molecule has 0 heterocycles. The Morgan fingerprint density at radius 2 is 1.84 bits per heavy atom. The van der Waals surface area contributed by atoms with Crippen LogP contribution in [0.15, 0.2) is 36.4 Å². The maximum Gasteiger partial charge on any atom is 0.335 e. The van der Waals surface area contributed by atoms with Gasteiger partial charge in [-0.3, -0.25) is 0 Å². The zero-order valence-electron chi connectivity index (χ0n) is 10.7. The van der Waals surface area contributed by atoms with Crippen molar-refractivity contribution in [2.24, 2.45) is 0 Å². The molecule has 0 bridgehead atoms. The van der Waals surface area contributed by atoms with Crippen molar-refractivity contribution in [3.63, 3.8) is 0 Å². The monoisotopic (exact) mass is 275 g/mol. The van der Waals surface area contributed by atoms with Gasteiger partial charge in [-0.1, -0.05) is 17.7 Å². The molecule has 0 aromatic heterocycles. The zero-order valence-corrected chi connectivity index (χ0v) is 11.5. The summed E-state index contributed by atoms with van der Waals surface area (Å²) in [4.78, 5) is 10.9. The summed E-state index contributed by atoms with van der Waals surface area (Å²) in [5, 5.41) is 12.8. The Balaban J connectivity index is 2.33. The van der Waals surface area contributed by atoms with Gasteiger partial charge >= 0.3 is 5.97 Å². The first kappa shape index (κ1) is 13.4. The number of carboxylic acids is 1. The Kier molecular flexibility index (Phi) is 3.76. The first-order chi connectivity index (χ1) is 8.97. The highest BCUT2D eigenvalue weighted by Gasteiger charge is 2.07. The number of nitrogens with one attached hydrogen (secondary N) is 1. The maximum atomic E-state index is 10.9. The Labute approximate surface area is 116 Å². The van der Waals surface area contributed by atoms with E-state index in [-0.39, 0.29) is 5.56 Å². The average Bonchev–Trinajstić information content (AvgIpc) is 2.36. The normalized spacial score (nSPS) is 10.3. The molecule has 0 aliphatic carbocycles. The van der Waals surface area contributed by atoms with Crippen LogP contribution in [0.5, 0.6) is 0 Å². The molecular formula is C15H14ClNO2. The van der Waals surface area contributed by atoms with E-state index < -0.39 is 5.97 Å². The van der Waals surface area contributed by atoms with Crippen LogP contribution < -0.4 is 5.32 Å². The number of anilines is 2. The van der Waals surface area contributed by atoms with Gasteiger partial charge in [0.05, 0.1) is 16.3 Å². The number of benzene rings is 2. The van der Waals surface area contributed by atoms with Crippen LogP contribution in [0.2, 0.25) is 5.02 Å². The quantitative estimate of drug-likeness (QED) is 0.873. The van der Waals surface area contributed by atoms with Gasteiger partial charge in [0.1, 0.15) is 0 Å². The van der Waals surface area contributed by atoms with E-state index in [4.69, 9.17) is 16.7 Å². The predicted molar refractivity (Wildman–Crippen MR) is 77.6 cm³/mol. The lowest BCUT2D eigenvalue weighted by Gasteiger charge is -2.12. The van der Waals surface area contributed by atoms with Gasteiger partial charge in [0, 0.05) is 5.69 Å². The fourth-order valence-electron chi connectivity index (χ4n) is 1.82. The minimum absolute atomic E-state index is 0.276. The van der Waals surface area contributed by atoms with Crippen LogP contribution in [0.1, 0.15) is 21.5 Å². The van der Waals surface area contributed by atoms with Gasteiger partial charge in [0.25, 0.3) is 0 Å². The lowest BCUT2D eigenvalue weighted by atomic mass is 10.1. The SMILES string of the molecule is Cc1ccc(Cl)c(Nc2ccc(C(=O)O)cc2C)c1. The van der Waals surface area contributed by atoms with E-state index in [2.05, 4.69) is 5.32 Å². The molecule has 3 nitrogen and oxygen atoms in total. The molecule has 98 valence electrons. The van der Waals surface area contributed by atoms with Gasteiger partial charge in [-0.25, -0.2) is 4.79 Å². The van der Waals surface area contributed by atoms with Crippen molar-refractivity contribution in [2.75, 3.05) is 5.32 Å². The summed E-state index contributed by atoms with van der Waals surface area (Å²) >= 11 is 6.12. The molecule has 0 spiro atoms. The summed E-state index contributed by atoms with van der Waals surface area (Å²) in [5.74, 6) is -0.928. The summed E-state index contributed by atoms with van der Waals surface area (Å²) in [5.41, 5.74) is 3.90. The number of aromatic carboxylic acids is 1. The molecule has 2 rings (SSSR count). The summed E-state index contributed by atoms with van der Waals surface area (Å²) < 4.78 is 0. The third-order valence-corrected chi connectivity index (χ3v) is 3.19. The van der Waals surface area contributed by atoms with Gasteiger partial charge in [-0.2, -0.15) is 0 Å². The molecule has 0 fully saturated rings. The standard InChI is InChI=1S/C15H14ClNO2/c1-9-3-5-12(16)14(7-9)17-13-6-4-11(15(18)19)8-10(13)2/h3-8,17H,1-2H3,(H,18,19). The van der Waals surface area contributed by atoms with Crippen molar-refractivity contribution in [2.45, 2.75) is 13.8 Å². The van der Waals surface area contributed by atoms with E-state index in [0.29, 0.717) is 5.02 Å². The van der Waals surface area contributed by atoms with E-state index >= 15 is 0 Å². The van der Waals surface area contributed by atoms with E-state index in [0.717, 1.165) is 22.5 Å². The summed E-state index contributed by atoms with van der Waals surface area (Å²) in [6.45, 7) is 3.85. The van der Waals surface area contributed by atoms with E-state index in [1.54, 1.807) is 18.2 Å². The molecule has 4 heteroatoms. The van der Waals surface area contributed by atoms with E-state index in [9.17, 15) is 4.79 Å². The van der Waals surface area contributed by atoms with Crippen molar-refractivity contribution in [3.8, 4) is 0 Å². The number of rotatable bonds is 3. The molecule has 19 heavy (non-hydrogen) atoms. The fraction of sp³-hybridized carbons (Fsp3) is 0.133.